The fourth-order valence-electron chi connectivity index (χ4n) is 1.24. The summed E-state index contributed by atoms with van der Waals surface area (Å²) in [6.07, 6.45) is 2.85. The van der Waals surface area contributed by atoms with E-state index >= 15 is 0 Å². The molecule has 4 nitrogen and oxygen atoms in total. The third-order valence-corrected chi connectivity index (χ3v) is 3.16. The molecule has 1 heterocycles. The first-order chi connectivity index (χ1) is 8.08. The molecule has 0 fully saturated rings. The van der Waals surface area contributed by atoms with E-state index in [2.05, 4.69) is 38.0 Å². The molecule has 0 unspecified atom stereocenters. The first kappa shape index (κ1) is 14.5. The second-order valence-electron chi connectivity index (χ2n) is 4.81. The second kappa shape index (κ2) is 7.71. The van der Waals surface area contributed by atoms with Crippen LogP contribution < -0.4 is 0 Å². The van der Waals surface area contributed by atoms with E-state index in [1.165, 1.54) is 0 Å². The average molecular weight is 257 g/mol. The summed E-state index contributed by atoms with van der Waals surface area (Å²) in [5.74, 6) is 1.46. The molecule has 0 aliphatic heterocycles. The first-order valence-corrected chi connectivity index (χ1v) is 7.21. The maximum absolute atomic E-state index is 5.52. The summed E-state index contributed by atoms with van der Waals surface area (Å²) >= 11 is 1.86. The van der Waals surface area contributed by atoms with E-state index in [-0.39, 0.29) is 0 Å². The number of rotatable bonds is 8. The lowest BCUT2D eigenvalue weighted by Crippen LogP contribution is -2.05. The summed E-state index contributed by atoms with van der Waals surface area (Å²) in [6.45, 7) is 10.2. The van der Waals surface area contributed by atoms with E-state index in [4.69, 9.17) is 4.74 Å². The molecule has 1 aromatic rings. The SMILES string of the molecule is CC(C)COCCc1cn(CSC(C)C)nn1. The minimum absolute atomic E-state index is 0.591. The molecular weight excluding hydrogens is 234 g/mol. The molecule has 0 radical (unpaired) electrons. The zero-order valence-corrected chi connectivity index (χ0v) is 12.0. The van der Waals surface area contributed by atoms with Crippen molar-refractivity contribution in [2.75, 3.05) is 13.2 Å². The van der Waals surface area contributed by atoms with Crippen LogP contribution in [-0.2, 0) is 17.0 Å². The zero-order valence-electron chi connectivity index (χ0n) is 11.2. The highest BCUT2D eigenvalue weighted by Gasteiger charge is 2.02. The van der Waals surface area contributed by atoms with Crippen molar-refractivity contribution < 1.29 is 4.74 Å². The highest BCUT2D eigenvalue weighted by molar-refractivity contribution is 7.98. The fraction of sp³-hybridized carbons (Fsp3) is 0.833. The Morgan fingerprint density at radius 2 is 2.12 bits per heavy atom. The summed E-state index contributed by atoms with van der Waals surface area (Å²) in [5, 5.41) is 8.84. The summed E-state index contributed by atoms with van der Waals surface area (Å²) in [6, 6.07) is 0. The number of aromatic nitrogens is 3. The Morgan fingerprint density at radius 1 is 1.35 bits per heavy atom. The van der Waals surface area contributed by atoms with Gasteiger partial charge >= 0.3 is 0 Å². The zero-order chi connectivity index (χ0) is 12.7. The molecule has 0 saturated carbocycles. The molecule has 1 rings (SSSR count). The van der Waals surface area contributed by atoms with Gasteiger partial charge in [-0.15, -0.1) is 16.9 Å². The van der Waals surface area contributed by atoms with E-state index in [0.717, 1.165) is 31.2 Å². The lowest BCUT2D eigenvalue weighted by atomic mass is 10.2. The van der Waals surface area contributed by atoms with Crippen molar-refractivity contribution in [3.8, 4) is 0 Å². The summed E-state index contributed by atoms with van der Waals surface area (Å²) in [4.78, 5) is 0. The Labute approximate surface area is 108 Å². The minimum atomic E-state index is 0.591. The van der Waals surface area contributed by atoms with E-state index in [1.807, 2.05) is 22.6 Å². The normalized spacial score (nSPS) is 11.6. The molecule has 17 heavy (non-hydrogen) atoms. The number of hydrogen-bond donors (Lipinski definition) is 0. The van der Waals surface area contributed by atoms with Crippen LogP contribution in [0.3, 0.4) is 0 Å². The van der Waals surface area contributed by atoms with Gasteiger partial charge in [-0.25, -0.2) is 4.68 Å². The van der Waals surface area contributed by atoms with Gasteiger partial charge in [-0.3, -0.25) is 0 Å². The van der Waals surface area contributed by atoms with Gasteiger partial charge in [0.05, 0.1) is 18.2 Å². The van der Waals surface area contributed by atoms with Crippen molar-refractivity contribution in [3.05, 3.63) is 11.9 Å². The molecule has 0 bridgehead atoms. The number of thioether (sulfide) groups is 1. The number of hydrogen-bond acceptors (Lipinski definition) is 4. The molecule has 0 N–H and O–H groups in total. The van der Waals surface area contributed by atoms with Crippen LogP contribution in [0, 0.1) is 5.92 Å². The van der Waals surface area contributed by atoms with Gasteiger partial charge in [-0.1, -0.05) is 32.9 Å². The van der Waals surface area contributed by atoms with Crippen LogP contribution >= 0.6 is 11.8 Å². The summed E-state index contributed by atoms with van der Waals surface area (Å²) < 4.78 is 7.42. The molecule has 0 saturated heterocycles. The van der Waals surface area contributed by atoms with Crippen molar-refractivity contribution in [2.24, 2.45) is 5.92 Å². The molecule has 0 spiro atoms. The van der Waals surface area contributed by atoms with Gasteiger partial charge in [0.1, 0.15) is 0 Å². The fourth-order valence-corrected chi connectivity index (χ4v) is 1.81. The molecular formula is C12H23N3OS. The topological polar surface area (TPSA) is 39.9 Å². The molecule has 98 valence electrons. The Hall–Kier alpha value is -0.550. The average Bonchev–Trinajstić information content (AvgIpc) is 2.69. The van der Waals surface area contributed by atoms with Crippen LogP contribution in [0.2, 0.25) is 0 Å². The summed E-state index contributed by atoms with van der Waals surface area (Å²) in [7, 11) is 0. The standard InChI is InChI=1S/C12H23N3OS/c1-10(2)8-16-6-5-12-7-15(14-13-12)9-17-11(3)4/h7,10-11H,5-6,8-9H2,1-4H3. The lowest BCUT2D eigenvalue weighted by Gasteiger charge is -2.04. The van der Waals surface area contributed by atoms with E-state index in [1.54, 1.807) is 0 Å². The minimum Gasteiger partial charge on any atom is -0.381 e. The Balaban J connectivity index is 2.21. The second-order valence-corrected chi connectivity index (χ2v) is 6.35. The Kier molecular flexibility index (Phi) is 6.58. The van der Waals surface area contributed by atoms with Gasteiger partial charge in [-0.05, 0) is 5.92 Å². The van der Waals surface area contributed by atoms with Crippen molar-refractivity contribution in [3.63, 3.8) is 0 Å². The number of nitrogens with zero attached hydrogens (tertiary/aromatic N) is 3. The quantitative estimate of drug-likeness (QED) is 0.671. The van der Waals surface area contributed by atoms with Crippen molar-refractivity contribution >= 4 is 11.8 Å². The van der Waals surface area contributed by atoms with Crippen molar-refractivity contribution in [1.29, 1.82) is 0 Å². The van der Waals surface area contributed by atoms with Crippen LogP contribution in [-0.4, -0.2) is 33.5 Å². The highest BCUT2D eigenvalue weighted by atomic mass is 32.2. The predicted molar refractivity (Wildman–Crippen MR) is 72.1 cm³/mol. The van der Waals surface area contributed by atoms with Crippen LogP contribution in [0.1, 0.15) is 33.4 Å². The Bertz CT molecular complexity index is 312. The van der Waals surface area contributed by atoms with E-state index in [9.17, 15) is 0 Å². The van der Waals surface area contributed by atoms with Crippen molar-refractivity contribution in [1.82, 2.24) is 15.0 Å². The van der Waals surface area contributed by atoms with Crippen LogP contribution in [0.4, 0.5) is 0 Å². The molecule has 5 heteroatoms. The Morgan fingerprint density at radius 3 is 2.76 bits per heavy atom. The molecule has 0 amide bonds. The maximum atomic E-state index is 5.52. The third kappa shape index (κ3) is 6.68. The molecule has 0 aliphatic rings. The molecule has 0 aromatic carbocycles. The smallest absolute Gasteiger partial charge is 0.0883 e. The number of ether oxygens (including phenoxy) is 1. The van der Waals surface area contributed by atoms with Gasteiger partial charge in [-0.2, -0.15) is 0 Å². The van der Waals surface area contributed by atoms with Gasteiger partial charge in [0.2, 0.25) is 0 Å². The molecule has 0 aliphatic carbocycles. The summed E-state index contributed by atoms with van der Waals surface area (Å²) in [5.41, 5.74) is 1.01. The van der Waals surface area contributed by atoms with E-state index in [0.29, 0.717) is 11.2 Å². The van der Waals surface area contributed by atoms with Gasteiger partial charge in [0.25, 0.3) is 0 Å². The molecule has 0 atom stereocenters. The van der Waals surface area contributed by atoms with Gasteiger partial charge in [0.15, 0.2) is 0 Å². The van der Waals surface area contributed by atoms with Crippen LogP contribution in [0.15, 0.2) is 6.20 Å². The van der Waals surface area contributed by atoms with E-state index < -0.39 is 0 Å². The largest absolute Gasteiger partial charge is 0.381 e. The monoisotopic (exact) mass is 257 g/mol. The van der Waals surface area contributed by atoms with Gasteiger partial charge < -0.3 is 4.74 Å². The predicted octanol–water partition coefficient (Wildman–Crippen LogP) is 2.59. The maximum Gasteiger partial charge on any atom is 0.0883 e. The molecule has 1 aromatic heterocycles. The van der Waals surface area contributed by atoms with Crippen LogP contribution in [0.25, 0.3) is 0 Å². The highest BCUT2D eigenvalue weighted by Crippen LogP contribution is 2.11. The van der Waals surface area contributed by atoms with Gasteiger partial charge in [0, 0.05) is 24.5 Å². The lowest BCUT2D eigenvalue weighted by molar-refractivity contribution is 0.112. The first-order valence-electron chi connectivity index (χ1n) is 6.16. The van der Waals surface area contributed by atoms with Crippen LogP contribution in [0.5, 0.6) is 0 Å². The third-order valence-electron chi connectivity index (χ3n) is 2.08. The van der Waals surface area contributed by atoms with Crippen molar-refractivity contribution in [2.45, 2.75) is 45.2 Å².